The number of rotatable bonds is 4. The van der Waals surface area contributed by atoms with Crippen LogP contribution in [0, 0.1) is 11.3 Å². The van der Waals surface area contributed by atoms with E-state index in [-0.39, 0.29) is 18.2 Å². The summed E-state index contributed by atoms with van der Waals surface area (Å²) in [5, 5.41) is 8.64. The van der Waals surface area contributed by atoms with E-state index in [0.29, 0.717) is 12.5 Å². The van der Waals surface area contributed by atoms with Crippen LogP contribution in [0.15, 0.2) is 34.7 Å². The van der Waals surface area contributed by atoms with Crippen molar-refractivity contribution in [3.05, 3.63) is 47.5 Å². The molecule has 1 aromatic carbocycles. The van der Waals surface area contributed by atoms with Crippen LogP contribution in [-0.2, 0) is 18.0 Å². The van der Waals surface area contributed by atoms with Gasteiger partial charge in [-0.1, -0.05) is 30.3 Å². The van der Waals surface area contributed by atoms with Crippen molar-refractivity contribution >= 4 is 5.88 Å². The average Bonchev–Trinajstić information content (AvgIpc) is 2.71. The summed E-state index contributed by atoms with van der Waals surface area (Å²) < 4.78 is 10.5. The molecule has 2 N–H and O–H groups in total. The van der Waals surface area contributed by atoms with Crippen molar-refractivity contribution in [3.8, 4) is 6.07 Å². The van der Waals surface area contributed by atoms with Crippen molar-refractivity contribution in [1.29, 1.82) is 5.26 Å². The number of nitrogens with two attached hydrogens (primary N) is 1. The molecule has 5 nitrogen and oxygen atoms in total. The lowest BCUT2D eigenvalue weighted by molar-refractivity contribution is 0.0901. The molecule has 0 radical (unpaired) electrons. The fraction of sp³-hybridized carbons (Fsp3) is 0.167. The van der Waals surface area contributed by atoms with Gasteiger partial charge in [0.05, 0.1) is 6.61 Å². The third-order valence-corrected chi connectivity index (χ3v) is 2.14. The Balaban J connectivity index is 1.88. The van der Waals surface area contributed by atoms with Crippen molar-refractivity contribution in [1.82, 2.24) is 4.98 Å². The lowest BCUT2D eigenvalue weighted by Crippen LogP contribution is -1.94. The van der Waals surface area contributed by atoms with Gasteiger partial charge in [0.1, 0.15) is 12.7 Å². The fourth-order valence-corrected chi connectivity index (χ4v) is 1.35. The standard InChI is InChI=1S/C12H11N3O2/c13-6-10-12(14)17-11(15-10)8-16-7-9-4-2-1-3-5-9/h1-5H,7-8,14H2. The Morgan fingerprint density at radius 1 is 1.29 bits per heavy atom. The number of nitrogen functional groups attached to an aromatic ring is 1. The van der Waals surface area contributed by atoms with E-state index >= 15 is 0 Å². The van der Waals surface area contributed by atoms with Gasteiger partial charge in [-0.15, -0.1) is 0 Å². The number of nitrogens with zero attached hydrogens (tertiary/aromatic N) is 2. The van der Waals surface area contributed by atoms with E-state index in [2.05, 4.69) is 4.98 Å². The monoisotopic (exact) mass is 229 g/mol. The molecule has 1 aromatic heterocycles. The minimum absolute atomic E-state index is 0.0332. The molecule has 0 saturated heterocycles. The Hall–Kier alpha value is -2.32. The van der Waals surface area contributed by atoms with E-state index in [9.17, 15) is 0 Å². The third kappa shape index (κ3) is 2.83. The van der Waals surface area contributed by atoms with Crippen molar-refractivity contribution in [2.45, 2.75) is 13.2 Å². The molecule has 2 rings (SSSR count). The van der Waals surface area contributed by atoms with Gasteiger partial charge in [0.15, 0.2) is 0 Å². The molecule has 0 aliphatic heterocycles. The molecule has 0 atom stereocenters. The quantitative estimate of drug-likeness (QED) is 0.864. The number of benzene rings is 1. The van der Waals surface area contributed by atoms with Gasteiger partial charge in [-0.3, -0.25) is 0 Å². The number of anilines is 1. The summed E-state index contributed by atoms with van der Waals surface area (Å²) in [6.07, 6.45) is 0. The molecule has 0 fully saturated rings. The molecule has 0 aliphatic carbocycles. The van der Waals surface area contributed by atoms with E-state index in [0.717, 1.165) is 5.56 Å². The zero-order valence-electron chi connectivity index (χ0n) is 9.09. The summed E-state index contributed by atoms with van der Waals surface area (Å²) in [7, 11) is 0. The molecule has 17 heavy (non-hydrogen) atoms. The van der Waals surface area contributed by atoms with E-state index in [1.807, 2.05) is 36.4 Å². The molecule has 2 aromatic rings. The van der Waals surface area contributed by atoms with E-state index in [4.69, 9.17) is 20.1 Å². The molecular formula is C12H11N3O2. The highest BCUT2D eigenvalue weighted by atomic mass is 16.5. The van der Waals surface area contributed by atoms with E-state index in [1.165, 1.54) is 0 Å². The van der Waals surface area contributed by atoms with Crippen molar-refractivity contribution in [2.75, 3.05) is 5.73 Å². The molecule has 0 unspecified atom stereocenters. The summed E-state index contributed by atoms with van der Waals surface area (Å²) in [6, 6.07) is 11.6. The van der Waals surface area contributed by atoms with Crippen LogP contribution in [-0.4, -0.2) is 4.98 Å². The largest absolute Gasteiger partial charge is 0.422 e. The minimum atomic E-state index is 0.0332. The molecule has 0 saturated carbocycles. The molecule has 0 spiro atoms. The number of nitriles is 1. The van der Waals surface area contributed by atoms with Crippen LogP contribution < -0.4 is 5.73 Å². The summed E-state index contributed by atoms with van der Waals surface area (Å²) in [4.78, 5) is 3.88. The van der Waals surface area contributed by atoms with Gasteiger partial charge in [0, 0.05) is 0 Å². The van der Waals surface area contributed by atoms with Gasteiger partial charge in [-0.05, 0) is 5.56 Å². The van der Waals surface area contributed by atoms with Crippen molar-refractivity contribution in [3.63, 3.8) is 0 Å². The predicted octanol–water partition coefficient (Wildman–Crippen LogP) is 1.85. The van der Waals surface area contributed by atoms with E-state index < -0.39 is 0 Å². The SMILES string of the molecule is N#Cc1nc(COCc2ccccc2)oc1N. The number of aromatic nitrogens is 1. The number of hydrogen-bond acceptors (Lipinski definition) is 5. The van der Waals surface area contributed by atoms with Crippen LogP contribution in [0.3, 0.4) is 0 Å². The first-order valence-corrected chi connectivity index (χ1v) is 5.06. The Bertz CT molecular complexity index is 528. The van der Waals surface area contributed by atoms with Gasteiger partial charge >= 0.3 is 0 Å². The molecular weight excluding hydrogens is 218 g/mol. The third-order valence-electron chi connectivity index (χ3n) is 2.14. The van der Waals surface area contributed by atoms with Crippen LogP contribution in [0.1, 0.15) is 17.1 Å². The second kappa shape index (κ2) is 5.14. The zero-order valence-corrected chi connectivity index (χ0v) is 9.09. The van der Waals surface area contributed by atoms with E-state index in [1.54, 1.807) is 0 Å². The first kappa shape index (κ1) is 11.2. The van der Waals surface area contributed by atoms with Gasteiger partial charge in [0.2, 0.25) is 17.5 Å². The lowest BCUT2D eigenvalue weighted by Gasteiger charge is -2.00. The highest BCUT2D eigenvalue weighted by Crippen LogP contribution is 2.13. The summed E-state index contributed by atoms with van der Waals surface area (Å²) in [5.41, 5.74) is 6.59. The second-order valence-electron chi connectivity index (χ2n) is 3.41. The van der Waals surface area contributed by atoms with Gasteiger partial charge in [-0.2, -0.15) is 10.2 Å². The first-order chi connectivity index (χ1) is 8.29. The van der Waals surface area contributed by atoms with Gasteiger partial charge in [0.25, 0.3) is 0 Å². The molecule has 5 heteroatoms. The number of hydrogen-bond donors (Lipinski definition) is 1. The lowest BCUT2D eigenvalue weighted by atomic mass is 10.2. The normalized spacial score (nSPS) is 10.1. The maximum atomic E-state index is 8.64. The molecule has 1 heterocycles. The maximum Gasteiger partial charge on any atom is 0.229 e. The number of ether oxygens (including phenoxy) is 1. The zero-order chi connectivity index (χ0) is 12.1. The van der Waals surface area contributed by atoms with Gasteiger partial charge in [-0.25, -0.2) is 0 Å². The topological polar surface area (TPSA) is 85.1 Å². The van der Waals surface area contributed by atoms with Crippen LogP contribution in [0.25, 0.3) is 0 Å². The van der Waals surface area contributed by atoms with Crippen molar-refractivity contribution < 1.29 is 9.15 Å². The van der Waals surface area contributed by atoms with Crippen LogP contribution in [0.2, 0.25) is 0 Å². The van der Waals surface area contributed by atoms with Crippen molar-refractivity contribution in [2.24, 2.45) is 0 Å². The Morgan fingerprint density at radius 3 is 2.71 bits per heavy atom. The summed E-state index contributed by atoms with van der Waals surface area (Å²) in [5.74, 6) is 0.348. The van der Waals surface area contributed by atoms with Crippen LogP contribution in [0.4, 0.5) is 5.88 Å². The molecule has 0 amide bonds. The molecule has 86 valence electrons. The first-order valence-electron chi connectivity index (χ1n) is 5.06. The highest BCUT2D eigenvalue weighted by Gasteiger charge is 2.09. The smallest absolute Gasteiger partial charge is 0.229 e. The molecule has 0 aliphatic rings. The average molecular weight is 229 g/mol. The minimum Gasteiger partial charge on any atom is -0.422 e. The second-order valence-corrected chi connectivity index (χ2v) is 3.41. The fourth-order valence-electron chi connectivity index (χ4n) is 1.35. The van der Waals surface area contributed by atoms with Crippen LogP contribution >= 0.6 is 0 Å². The Morgan fingerprint density at radius 2 is 2.06 bits per heavy atom. The number of oxazole rings is 1. The Labute approximate surface area is 98.4 Å². The van der Waals surface area contributed by atoms with Crippen LogP contribution in [0.5, 0.6) is 0 Å². The van der Waals surface area contributed by atoms with Gasteiger partial charge < -0.3 is 14.9 Å². The predicted molar refractivity (Wildman–Crippen MR) is 60.6 cm³/mol. The Kier molecular flexibility index (Phi) is 3.38. The summed E-state index contributed by atoms with van der Waals surface area (Å²) >= 11 is 0. The maximum absolute atomic E-state index is 8.64. The molecule has 0 bridgehead atoms. The highest BCUT2D eigenvalue weighted by molar-refractivity contribution is 5.40. The summed E-state index contributed by atoms with van der Waals surface area (Å²) in [6.45, 7) is 0.659.